The number of ether oxygens (including phenoxy) is 1. The van der Waals surface area contributed by atoms with Crippen LogP contribution < -0.4 is 10.5 Å². The molecule has 0 saturated heterocycles. The predicted molar refractivity (Wildman–Crippen MR) is 64.1 cm³/mol. The summed E-state index contributed by atoms with van der Waals surface area (Å²) in [4.78, 5) is 10.7. The zero-order valence-electron chi connectivity index (χ0n) is 10.1. The highest BCUT2D eigenvalue weighted by Crippen LogP contribution is 2.21. The predicted octanol–water partition coefficient (Wildman–Crippen LogP) is 2.66. The minimum Gasteiger partial charge on any atom is -0.427 e. The summed E-state index contributed by atoms with van der Waals surface area (Å²) < 4.78 is 4.95. The summed E-state index contributed by atoms with van der Waals surface area (Å²) in [5, 5.41) is 0. The molecular weight excluding hydrogens is 202 g/mol. The maximum Gasteiger partial charge on any atom is 0.308 e. The molecule has 0 aliphatic carbocycles. The first-order valence-electron chi connectivity index (χ1n) is 5.53. The van der Waals surface area contributed by atoms with E-state index in [-0.39, 0.29) is 12.0 Å². The Morgan fingerprint density at radius 3 is 2.31 bits per heavy atom. The van der Waals surface area contributed by atoms with E-state index in [0.29, 0.717) is 11.7 Å². The second kappa shape index (κ2) is 5.66. The zero-order chi connectivity index (χ0) is 12.1. The summed E-state index contributed by atoms with van der Waals surface area (Å²) in [5.74, 6) is 0.829. The van der Waals surface area contributed by atoms with Gasteiger partial charge in [-0.1, -0.05) is 26.0 Å². The lowest BCUT2D eigenvalue weighted by molar-refractivity contribution is -0.131. The van der Waals surface area contributed by atoms with Gasteiger partial charge in [-0.2, -0.15) is 0 Å². The van der Waals surface area contributed by atoms with Gasteiger partial charge in [0.05, 0.1) is 0 Å². The van der Waals surface area contributed by atoms with E-state index in [1.54, 1.807) is 12.1 Å². The highest BCUT2D eigenvalue weighted by molar-refractivity contribution is 5.69. The molecule has 0 aliphatic heterocycles. The Kier molecular flexibility index (Phi) is 4.50. The fourth-order valence-electron chi connectivity index (χ4n) is 1.59. The summed E-state index contributed by atoms with van der Waals surface area (Å²) in [6.07, 6.45) is 0.951. The van der Waals surface area contributed by atoms with Crippen molar-refractivity contribution in [2.75, 3.05) is 0 Å². The quantitative estimate of drug-likeness (QED) is 0.628. The van der Waals surface area contributed by atoms with Gasteiger partial charge in [0.1, 0.15) is 5.75 Å². The molecule has 0 bridgehead atoms. The molecule has 3 heteroatoms. The normalized spacial score (nSPS) is 12.6. The average molecular weight is 221 g/mol. The number of nitrogens with two attached hydrogens (primary N) is 1. The average Bonchev–Trinajstić information content (AvgIpc) is 2.16. The molecular formula is C13H19NO2. The molecule has 1 aromatic carbocycles. The fourth-order valence-corrected chi connectivity index (χ4v) is 1.59. The molecule has 1 rings (SSSR count). The molecule has 16 heavy (non-hydrogen) atoms. The Bertz CT molecular complexity index is 343. The summed E-state index contributed by atoms with van der Waals surface area (Å²) in [7, 11) is 0. The van der Waals surface area contributed by atoms with Crippen LogP contribution in [0.4, 0.5) is 0 Å². The number of esters is 1. The van der Waals surface area contributed by atoms with Crippen LogP contribution in [-0.4, -0.2) is 5.97 Å². The number of hydrogen-bond acceptors (Lipinski definition) is 3. The third-order valence-corrected chi connectivity index (χ3v) is 2.30. The minimum absolute atomic E-state index is 0.0476. The van der Waals surface area contributed by atoms with E-state index < -0.39 is 0 Å². The number of carbonyl (C=O) groups excluding carboxylic acids is 1. The zero-order valence-corrected chi connectivity index (χ0v) is 10.1. The van der Waals surface area contributed by atoms with E-state index in [1.165, 1.54) is 6.92 Å². The van der Waals surface area contributed by atoms with Crippen molar-refractivity contribution in [3.63, 3.8) is 0 Å². The molecule has 0 unspecified atom stereocenters. The van der Waals surface area contributed by atoms with Crippen molar-refractivity contribution in [3.05, 3.63) is 29.8 Å². The van der Waals surface area contributed by atoms with Gasteiger partial charge in [-0.3, -0.25) is 4.79 Å². The highest BCUT2D eigenvalue weighted by atomic mass is 16.5. The molecule has 0 spiro atoms. The Balaban J connectivity index is 2.66. The van der Waals surface area contributed by atoms with Gasteiger partial charge in [-0.25, -0.2) is 0 Å². The Morgan fingerprint density at radius 2 is 1.88 bits per heavy atom. The third-order valence-electron chi connectivity index (χ3n) is 2.30. The molecule has 3 nitrogen and oxygen atoms in total. The van der Waals surface area contributed by atoms with Gasteiger partial charge in [0.25, 0.3) is 0 Å². The number of hydrogen-bond donors (Lipinski definition) is 1. The van der Waals surface area contributed by atoms with Crippen molar-refractivity contribution in [2.24, 2.45) is 11.7 Å². The van der Waals surface area contributed by atoms with Gasteiger partial charge in [-0.05, 0) is 30.0 Å². The molecule has 0 saturated carbocycles. The van der Waals surface area contributed by atoms with Crippen molar-refractivity contribution in [1.29, 1.82) is 0 Å². The van der Waals surface area contributed by atoms with E-state index in [9.17, 15) is 4.79 Å². The number of carbonyl (C=O) groups is 1. The molecule has 0 amide bonds. The molecule has 0 fully saturated rings. The van der Waals surface area contributed by atoms with E-state index in [1.807, 2.05) is 12.1 Å². The molecule has 0 aliphatic rings. The molecule has 1 aromatic rings. The maximum atomic E-state index is 10.7. The Morgan fingerprint density at radius 1 is 1.31 bits per heavy atom. The van der Waals surface area contributed by atoms with Gasteiger partial charge in [0.2, 0.25) is 0 Å². The Labute approximate surface area is 96.6 Å². The van der Waals surface area contributed by atoms with E-state index in [2.05, 4.69) is 13.8 Å². The van der Waals surface area contributed by atoms with Gasteiger partial charge in [-0.15, -0.1) is 0 Å². The largest absolute Gasteiger partial charge is 0.427 e. The van der Waals surface area contributed by atoms with Crippen LogP contribution in [0.1, 0.15) is 38.8 Å². The summed E-state index contributed by atoms with van der Waals surface area (Å²) in [6, 6.07) is 7.41. The van der Waals surface area contributed by atoms with Crippen molar-refractivity contribution in [3.8, 4) is 5.75 Å². The lowest BCUT2D eigenvalue weighted by Crippen LogP contribution is -2.12. The van der Waals surface area contributed by atoms with Gasteiger partial charge >= 0.3 is 5.97 Å². The van der Waals surface area contributed by atoms with Crippen LogP contribution in [0.3, 0.4) is 0 Å². The van der Waals surface area contributed by atoms with Crippen molar-refractivity contribution in [2.45, 2.75) is 33.2 Å². The number of benzene rings is 1. The monoisotopic (exact) mass is 221 g/mol. The van der Waals surface area contributed by atoms with Crippen molar-refractivity contribution >= 4 is 5.97 Å². The molecule has 1 atom stereocenters. The first kappa shape index (κ1) is 12.7. The van der Waals surface area contributed by atoms with Crippen LogP contribution in [-0.2, 0) is 4.79 Å². The molecule has 0 heterocycles. The molecule has 2 N–H and O–H groups in total. The van der Waals surface area contributed by atoms with Gasteiger partial charge in [0.15, 0.2) is 0 Å². The fraction of sp³-hybridized carbons (Fsp3) is 0.462. The second-order valence-electron chi connectivity index (χ2n) is 4.40. The number of rotatable bonds is 4. The van der Waals surface area contributed by atoms with E-state index >= 15 is 0 Å². The van der Waals surface area contributed by atoms with Crippen LogP contribution in [0.25, 0.3) is 0 Å². The smallest absolute Gasteiger partial charge is 0.308 e. The summed E-state index contributed by atoms with van der Waals surface area (Å²) in [6.45, 7) is 5.68. The van der Waals surface area contributed by atoms with Crippen molar-refractivity contribution in [1.82, 2.24) is 0 Å². The topological polar surface area (TPSA) is 52.3 Å². The SMILES string of the molecule is CC(=O)Oc1ccc([C@@H](N)CC(C)C)cc1. The van der Waals surface area contributed by atoms with Gasteiger partial charge < -0.3 is 10.5 Å². The first-order chi connectivity index (χ1) is 7.49. The van der Waals surface area contributed by atoms with Crippen LogP contribution >= 0.6 is 0 Å². The van der Waals surface area contributed by atoms with Crippen LogP contribution in [0.15, 0.2) is 24.3 Å². The first-order valence-corrected chi connectivity index (χ1v) is 5.53. The van der Waals surface area contributed by atoms with Crippen LogP contribution in [0.2, 0.25) is 0 Å². The Hall–Kier alpha value is -1.35. The molecule has 0 radical (unpaired) electrons. The van der Waals surface area contributed by atoms with Crippen LogP contribution in [0.5, 0.6) is 5.75 Å². The summed E-state index contributed by atoms with van der Waals surface area (Å²) >= 11 is 0. The standard InChI is InChI=1S/C13H19NO2/c1-9(2)8-13(14)11-4-6-12(7-5-11)16-10(3)15/h4-7,9,13H,8,14H2,1-3H3/t13-/m0/s1. The van der Waals surface area contributed by atoms with Crippen LogP contribution in [0, 0.1) is 5.92 Å². The highest BCUT2D eigenvalue weighted by Gasteiger charge is 2.08. The lowest BCUT2D eigenvalue weighted by Gasteiger charge is -2.14. The van der Waals surface area contributed by atoms with Crippen molar-refractivity contribution < 1.29 is 9.53 Å². The van der Waals surface area contributed by atoms with Gasteiger partial charge in [0, 0.05) is 13.0 Å². The molecule has 0 aromatic heterocycles. The maximum absolute atomic E-state index is 10.7. The molecule has 88 valence electrons. The third kappa shape index (κ3) is 4.03. The van der Waals surface area contributed by atoms with E-state index in [0.717, 1.165) is 12.0 Å². The summed E-state index contributed by atoms with van der Waals surface area (Å²) in [5.41, 5.74) is 7.11. The lowest BCUT2D eigenvalue weighted by atomic mass is 9.98. The second-order valence-corrected chi connectivity index (χ2v) is 4.40. The minimum atomic E-state index is -0.306. The van der Waals surface area contributed by atoms with E-state index in [4.69, 9.17) is 10.5 Å².